The van der Waals surface area contributed by atoms with E-state index < -0.39 is 6.10 Å². The molecule has 0 saturated carbocycles. The second-order valence-electron chi connectivity index (χ2n) is 7.21. The number of carbonyl (C=O) groups excluding carboxylic acids is 2. The number of aromatic nitrogens is 2. The topological polar surface area (TPSA) is 81.2 Å². The van der Waals surface area contributed by atoms with Crippen molar-refractivity contribution >= 4 is 38.9 Å². The number of para-hydroxylation sites is 1. The van der Waals surface area contributed by atoms with Crippen LogP contribution in [0.15, 0.2) is 54.3 Å². The van der Waals surface area contributed by atoms with Gasteiger partial charge in [0.1, 0.15) is 11.8 Å². The number of ether oxygens (including phenoxy) is 1. The van der Waals surface area contributed by atoms with Crippen LogP contribution in [0.25, 0.3) is 27.2 Å². The predicted molar refractivity (Wildman–Crippen MR) is 113 cm³/mol. The highest BCUT2D eigenvalue weighted by atomic mass is 16.5. The first-order chi connectivity index (χ1) is 14.0. The van der Waals surface area contributed by atoms with Crippen LogP contribution in [0.1, 0.15) is 30.0 Å². The molecule has 2 heterocycles. The van der Waals surface area contributed by atoms with E-state index in [4.69, 9.17) is 9.72 Å². The first-order valence-electron chi connectivity index (χ1n) is 9.39. The van der Waals surface area contributed by atoms with Crippen LogP contribution >= 0.6 is 0 Å². The highest BCUT2D eigenvalue weighted by Crippen LogP contribution is 2.36. The molecule has 0 bridgehead atoms. The fourth-order valence-corrected chi connectivity index (χ4v) is 3.65. The SMILES string of the molecule is COC(CNC(=O)C=C(C)C)C1=CC(=O)c2nccc3c2c1nc1ccccc13. The number of rotatable bonds is 5. The summed E-state index contributed by atoms with van der Waals surface area (Å²) in [5.41, 5.74) is 3.44. The van der Waals surface area contributed by atoms with Gasteiger partial charge in [0, 0.05) is 42.3 Å². The minimum atomic E-state index is -0.515. The minimum Gasteiger partial charge on any atom is -0.375 e. The zero-order valence-electron chi connectivity index (χ0n) is 16.5. The monoisotopic (exact) mass is 387 g/mol. The van der Waals surface area contributed by atoms with Gasteiger partial charge in [-0.25, -0.2) is 4.98 Å². The Morgan fingerprint density at radius 3 is 2.72 bits per heavy atom. The van der Waals surface area contributed by atoms with Crippen LogP contribution in [0.5, 0.6) is 0 Å². The van der Waals surface area contributed by atoms with Gasteiger partial charge in [-0.05, 0) is 37.4 Å². The van der Waals surface area contributed by atoms with Gasteiger partial charge >= 0.3 is 0 Å². The molecule has 2 aromatic heterocycles. The summed E-state index contributed by atoms with van der Waals surface area (Å²) in [5, 5.41) is 5.46. The Morgan fingerprint density at radius 2 is 1.97 bits per heavy atom. The van der Waals surface area contributed by atoms with Crippen molar-refractivity contribution < 1.29 is 14.3 Å². The lowest BCUT2D eigenvalue weighted by molar-refractivity contribution is -0.116. The second kappa shape index (κ2) is 7.56. The lowest BCUT2D eigenvalue weighted by Crippen LogP contribution is -2.34. The number of fused-ring (bicyclic) bond motifs is 2. The first-order valence-corrected chi connectivity index (χ1v) is 9.39. The van der Waals surface area contributed by atoms with Gasteiger partial charge in [0.05, 0.1) is 11.2 Å². The van der Waals surface area contributed by atoms with Gasteiger partial charge < -0.3 is 10.1 Å². The Labute approximate surface area is 168 Å². The van der Waals surface area contributed by atoms with E-state index in [1.165, 1.54) is 12.2 Å². The highest BCUT2D eigenvalue weighted by molar-refractivity contribution is 6.24. The standard InChI is InChI=1S/C23H21N3O3/c1-13(2)10-20(28)25-12-19(29-3)16-11-18(27)23-21-15(8-9-24-23)14-6-4-5-7-17(14)26-22(16)21/h4-11,19H,12H2,1-3H3,(H,25,28). The minimum absolute atomic E-state index is 0.187. The smallest absolute Gasteiger partial charge is 0.244 e. The number of nitrogens with zero attached hydrogens (tertiary/aromatic N) is 2. The molecule has 6 nitrogen and oxygen atoms in total. The average Bonchev–Trinajstić information content (AvgIpc) is 2.71. The van der Waals surface area contributed by atoms with Crippen LogP contribution in [0, 0.1) is 0 Å². The number of hydrogen-bond acceptors (Lipinski definition) is 5. The van der Waals surface area contributed by atoms with Crippen LogP contribution in [0.3, 0.4) is 0 Å². The number of hydrogen-bond donors (Lipinski definition) is 1. The summed E-state index contributed by atoms with van der Waals surface area (Å²) in [5.74, 6) is -0.388. The molecule has 0 saturated heterocycles. The van der Waals surface area contributed by atoms with Crippen molar-refractivity contribution in [3.8, 4) is 0 Å². The molecule has 1 atom stereocenters. The average molecular weight is 387 g/mol. The summed E-state index contributed by atoms with van der Waals surface area (Å²) in [6.45, 7) is 3.94. The molecule has 0 aliphatic heterocycles. The summed E-state index contributed by atoms with van der Waals surface area (Å²) in [6.07, 6.45) is 4.18. The van der Waals surface area contributed by atoms with Crippen LogP contribution in [0.4, 0.5) is 0 Å². The van der Waals surface area contributed by atoms with Crippen molar-refractivity contribution in [3.05, 3.63) is 65.6 Å². The van der Waals surface area contributed by atoms with E-state index in [-0.39, 0.29) is 18.2 Å². The molecule has 1 aliphatic rings. The Hall–Kier alpha value is -3.38. The maximum absolute atomic E-state index is 12.8. The van der Waals surface area contributed by atoms with Crippen LogP contribution < -0.4 is 5.32 Å². The summed E-state index contributed by atoms with van der Waals surface area (Å²) >= 11 is 0. The molecule has 6 heteroatoms. The van der Waals surface area contributed by atoms with Gasteiger partial charge in [-0.1, -0.05) is 23.8 Å². The number of benzene rings is 1. The van der Waals surface area contributed by atoms with Gasteiger partial charge in [-0.15, -0.1) is 0 Å². The molecular weight excluding hydrogens is 366 g/mol. The number of amides is 1. The Balaban J connectivity index is 1.83. The molecule has 0 radical (unpaired) electrons. The summed E-state index contributed by atoms with van der Waals surface area (Å²) in [4.78, 5) is 34.0. The summed E-state index contributed by atoms with van der Waals surface area (Å²) in [7, 11) is 1.56. The van der Waals surface area contributed by atoms with Gasteiger partial charge in [-0.3, -0.25) is 14.6 Å². The Morgan fingerprint density at radius 1 is 1.17 bits per heavy atom. The van der Waals surface area contributed by atoms with Gasteiger partial charge in [-0.2, -0.15) is 0 Å². The number of pyridine rings is 2. The Kier molecular flexibility index (Phi) is 4.94. The maximum atomic E-state index is 12.8. The van der Waals surface area contributed by atoms with Crippen molar-refractivity contribution in [1.82, 2.24) is 15.3 Å². The molecule has 3 aromatic rings. The third-order valence-corrected chi connectivity index (χ3v) is 4.92. The third kappa shape index (κ3) is 3.43. The normalized spacial score (nSPS) is 13.9. The molecule has 0 fully saturated rings. The molecule has 1 aliphatic carbocycles. The fraction of sp³-hybridized carbons (Fsp3) is 0.217. The second-order valence-corrected chi connectivity index (χ2v) is 7.21. The van der Waals surface area contributed by atoms with Crippen LogP contribution in [-0.4, -0.2) is 41.4 Å². The van der Waals surface area contributed by atoms with E-state index in [1.54, 1.807) is 13.3 Å². The van der Waals surface area contributed by atoms with Crippen molar-refractivity contribution in [3.63, 3.8) is 0 Å². The predicted octanol–water partition coefficient (Wildman–Crippen LogP) is 3.46. The molecule has 0 spiro atoms. The molecule has 146 valence electrons. The zero-order valence-corrected chi connectivity index (χ0v) is 16.5. The van der Waals surface area contributed by atoms with E-state index in [0.717, 1.165) is 27.2 Å². The van der Waals surface area contributed by atoms with Crippen LogP contribution in [-0.2, 0) is 9.53 Å². The fourth-order valence-electron chi connectivity index (χ4n) is 3.65. The number of nitrogens with one attached hydrogen (secondary N) is 1. The van der Waals surface area contributed by atoms with Gasteiger partial charge in [0.2, 0.25) is 11.7 Å². The molecule has 1 amide bonds. The van der Waals surface area contributed by atoms with Crippen molar-refractivity contribution in [2.45, 2.75) is 20.0 Å². The number of carbonyl (C=O) groups is 2. The van der Waals surface area contributed by atoms with E-state index in [1.807, 2.05) is 44.2 Å². The number of allylic oxidation sites excluding steroid dienone is 2. The van der Waals surface area contributed by atoms with E-state index in [2.05, 4.69) is 10.3 Å². The molecule has 1 N–H and O–H groups in total. The van der Waals surface area contributed by atoms with E-state index >= 15 is 0 Å². The molecule has 1 unspecified atom stereocenters. The lowest BCUT2D eigenvalue weighted by atomic mass is 9.90. The lowest BCUT2D eigenvalue weighted by Gasteiger charge is -2.24. The Bertz CT molecular complexity index is 1210. The summed E-state index contributed by atoms with van der Waals surface area (Å²) in [6, 6.07) is 9.71. The zero-order chi connectivity index (χ0) is 20.5. The van der Waals surface area contributed by atoms with E-state index in [0.29, 0.717) is 17.0 Å². The molecule has 1 aromatic carbocycles. The molecule has 29 heavy (non-hydrogen) atoms. The summed E-state index contributed by atoms with van der Waals surface area (Å²) < 4.78 is 5.64. The van der Waals surface area contributed by atoms with Crippen molar-refractivity contribution in [2.24, 2.45) is 0 Å². The highest BCUT2D eigenvalue weighted by Gasteiger charge is 2.29. The van der Waals surface area contributed by atoms with Crippen LogP contribution in [0.2, 0.25) is 0 Å². The van der Waals surface area contributed by atoms with Gasteiger partial charge in [0.25, 0.3) is 0 Å². The molecule has 4 rings (SSSR count). The largest absolute Gasteiger partial charge is 0.375 e. The van der Waals surface area contributed by atoms with Crippen molar-refractivity contribution in [1.29, 1.82) is 0 Å². The first kappa shape index (κ1) is 19.0. The maximum Gasteiger partial charge on any atom is 0.244 e. The van der Waals surface area contributed by atoms with E-state index in [9.17, 15) is 9.59 Å². The van der Waals surface area contributed by atoms with Gasteiger partial charge in [0.15, 0.2) is 0 Å². The number of ketones is 1. The third-order valence-electron chi connectivity index (χ3n) is 4.92. The van der Waals surface area contributed by atoms with Crippen molar-refractivity contribution in [2.75, 3.05) is 13.7 Å². The quantitative estimate of drug-likeness (QED) is 0.536. The number of methoxy groups -OCH3 is 1. The molecular formula is C23H21N3O3.